The summed E-state index contributed by atoms with van der Waals surface area (Å²) in [4.78, 5) is 0.270. The van der Waals surface area contributed by atoms with Crippen LogP contribution in [0.25, 0.3) is 11.0 Å². The highest BCUT2D eigenvalue weighted by molar-refractivity contribution is 7.89. The van der Waals surface area contributed by atoms with Crippen LogP contribution in [0, 0.1) is 0 Å². The molecule has 1 aromatic carbocycles. The van der Waals surface area contributed by atoms with Crippen molar-refractivity contribution in [1.29, 1.82) is 0 Å². The lowest BCUT2D eigenvalue weighted by atomic mass is 10.1. The summed E-state index contributed by atoms with van der Waals surface area (Å²) in [7, 11) is -1.57. The zero-order valence-corrected chi connectivity index (χ0v) is 12.7. The number of nitrogens with one attached hydrogen (secondary N) is 1. The summed E-state index contributed by atoms with van der Waals surface area (Å²) in [5, 5.41) is 3.20. The van der Waals surface area contributed by atoms with Gasteiger partial charge in [0.2, 0.25) is 10.0 Å². The van der Waals surface area contributed by atoms with Gasteiger partial charge in [0.05, 0.1) is 11.7 Å². The average Bonchev–Trinajstić information content (AvgIpc) is 2.95. The van der Waals surface area contributed by atoms with Gasteiger partial charge in [0.25, 0.3) is 0 Å². The number of fused-ring (bicyclic) bond motifs is 1. The van der Waals surface area contributed by atoms with E-state index < -0.39 is 10.0 Å². The maximum Gasteiger partial charge on any atom is 0.245 e. The van der Waals surface area contributed by atoms with E-state index in [1.807, 2.05) is 7.05 Å². The Labute approximate surface area is 122 Å². The summed E-state index contributed by atoms with van der Waals surface area (Å²) in [5.41, 5.74) is 1.12. The number of piperidine rings is 1. The van der Waals surface area contributed by atoms with Gasteiger partial charge >= 0.3 is 0 Å². The summed E-state index contributed by atoms with van der Waals surface area (Å²) in [6.07, 6.45) is 1.67. The van der Waals surface area contributed by atoms with Crippen LogP contribution < -0.4 is 5.32 Å². The van der Waals surface area contributed by atoms with Gasteiger partial charge < -0.3 is 5.32 Å². The number of nitrogens with zero attached hydrogens (tertiary/aromatic N) is 3. The van der Waals surface area contributed by atoms with Crippen molar-refractivity contribution in [3.8, 4) is 0 Å². The average molecular weight is 312 g/mol. The predicted molar refractivity (Wildman–Crippen MR) is 78.3 cm³/mol. The molecule has 0 aliphatic carbocycles. The second-order valence-corrected chi connectivity index (χ2v) is 7.29. The second-order valence-electron chi connectivity index (χ2n) is 4.86. The number of hydrogen-bond donors (Lipinski definition) is 1. The lowest BCUT2D eigenvalue weighted by Gasteiger charge is -2.30. The third-order valence-electron chi connectivity index (χ3n) is 3.73. The molecule has 6 nitrogen and oxygen atoms in total. The summed E-state index contributed by atoms with van der Waals surface area (Å²) < 4.78 is 35.2. The summed E-state index contributed by atoms with van der Waals surface area (Å²) in [5.74, 6) is 0. The molecule has 20 heavy (non-hydrogen) atoms. The van der Waals surface area contributed by atoms with E-state index in [2.05, 4.69) is 14.1 Å². The van der Waals surface area contributed by atoms with Gasteiger partial charge in [0.15, 0.2) is 0 Å². The van der Waals surface area contributed by atoms with Crippen LogP contribution in [0.1, 0.15) is 12.8 Å². The number of aromatic nitrogens is 2. The minimum atomic E-state index is -3.48. The standard InChI is InChI=1S/C12H16N4O2S2/c1-13-9-5-7-16(8-6-9)20(17,18)11-4-2-3-10-12(11)15-19-14-10/h2-4,9,13H,5-8H2,1H3. The van der Waals surface area contributed by atoms with Crippen LogP contribution in [0.4, 0.5) is 0 Å². The smallest absolute Gasteiger partial charge is 0.245 e. The molecule has 0 bridgehead atoms. The zero-order chi connectivity index (χ0) is 14.2. The highest BCUT2D eigenvalue weighted by atomic mass is 32.2. The van der Waals surface area contributed by atoms with E-state index in [0.29, 0.717) is 30.2 Å². The summed E-state index contributed by atoms with van der Waals surface area (Å²) in [6.45, 7) is 1.09. The topological polar surface area (TPSA) is 75.2 Å². The molecule has 0 spiro atoms. The van der Waals surface area contributed by atoms with E-state index in [1.165, 1.54) is 0 Å². The fraction of sp³-hybridized carbons (Fsp3) is 0.500. The molecular weight excluding hydrogens is 296 g/mol. The van der Waals surface area contributed by atoms with Crippen molar-refractivity contribution >= 4 is 32.8 Å². The Morgan fingerprint density at radius 2 is 2.05 bits per heavy atom. The van der Waals surface area contributed by atoms with Gasteiger partial charge in [-0.05, 0) is 32.0 Å². The zero-order valence-electron chi connectivity index (χ0n) is 11.1. The minimum Gasteiger partial charge on any atom is -0.317 e. The molecule has 1 fully saturated rings. The van der Waals surface area contributed by atoms with E-state index in [0.717, 1.165) is 24.6 Å². The lowest BCUT2D eigenvalue weighted by Crippen LogP contribution is -2.43. The third-order valence-corrected chi connectivity index (χ3v) is 6.20. The first-order chi connectivity index (χ1) is 9.63. The molecule has 2 heterocycles. The molecule has 8 heteroatoms. The maximum atomic E-state index is 12.7. The number of benzene rings is 1. The van der Waals surface area contributed by atoms with Crippen LogP contribution in [0.5, 0.6) is 0 Å². The quantitative estimate of drug-likeness (QED) is 0.917. The first-order valence-corrected chi connectivity index (χ1v) is 8.68. The first-order valence-electron chi connectivity index (χ1n) is 6.51. The number of hydrogen-bond acceptors (Lipinski definition) is 6. The Kier molecular flexibility index (Phi) is 3.72. The molecule has 2 aromatic rings. The third kappa shape index (κ3) is 2.32. The van der Waals surface area contributed by atoms with E-state index in [9.17, 15) is 8.42 Å². The van der Waals surface area contributed by atoms with Gasteiger partial charge in [-0.1, -0.05) is 6.07 Å². The van der Waals surface area contributed by atoms with Gasteiger partial charge in [-0.3, -0.25) is 0 Å². The molecule has 0 radical (unpaired) electrons. The van der Waals surface area contributed by atoms with Crippen LogP contribution in [0.3, 0.4) is 0 Å². The van der Waals surface area contributed by atoms with E-state index in [1.54, 1.807) is 22.5 Å². The predicted octanol–water partition coefficient (Wildman–Crippen LogP) is 1.06. The van der Waals surface area contributed by atoms with Crippen molar-refractivity contribution in [2.75, 3.05) is 20.1 Å². The fourth-order valence-corrected chi connectivity index (χ4v) is 4.74. The Morgan fingerprint density at radius 3 is 2.75 bits per heavy atom. The van der Waals surface area contributed by atoms with E-state index >= 15 is 0 Å². The van der Waals surface area contributed by atoms with Crippen molar-refractivity contribution in [1.82, 2.24) is 18.4 Å². The Bertz CT molecular complexity index is 705. The van der Waals surface area contributed by atoms with E-state index in [4.69, 9.17) is 0 Å². The molecule has 0 unspecified atom stereocenters. The highest BCUT2D eigenvalue weighted by Crippen LogP contribution is 2.26. The second kappa shape index (κ2) is 5.36. The van der Waals surface area contributed by atoms with Crippen molar-refractivity contribution in [2.24, 2.45) is 0 Å². The van der Waals surface area contributed by atoms with Crippen LogP contribution in [-0.2, 0) is 10.0 Å². The molecule has 1 N–H and O–H groups in total. The molecule has 0 saturated carbocycles. The molecule has 108 valence electrons. The molecular formula is C12H16N4O2S2. The summed E-state index contributed by atoms with van der Waals surface area (Å²) >= 11 is 1.04. The fourth-order valence-electron chi connectivity index (χ4n) is 2.51. The van der Waals surface area contributed by atoms with Crippen LogP contribution in [0.15, 0.2) is 23.1 Å². The number of rotatable bonds is 3. The van der Waals surface area contributed by atoms with Gasteiger partial charge in [0.1, 0.15) is 15.9 Å². The van der Waals surface area contributed by atoms with E-state index in [-0.39, 0.29) is 4.90 Å². The molecule has 3 rings (SSSR count). The lowest BCUT2D eigenvalue weighted by molar-refractivity contribution is 0.298. The molecule has 1 aliphatic heterocycles. The van der Waals surface area contributed by atoms with Crippen LogP contribution in [0.2, 0.25) is 0 Å². The molecule has 0 atom stereocenters. The largest absolute Gasteiger partial charge is 0.317 e. The molecule has 1 aromatic heterocycles. The van der Waals surface area contributed by atoms with Gasteiger partial charge in [0, 0.05) is 19.1 Å². The van der Waals surface area contributed by atoms with Gasteiger partial charge in [-0.2, -0.15) is 13.1 Å². The summed E-state index contributed by atoms with van der Waals surface area (Å²) in [6, 6.07) is 5.52. The Morgan fingerprint density at radius 1 is 1.30 bits per heavy atom. The first kappa shape index (κ1) is 13.9. The molecule has 1 saturated heterocycles. The monoisotopic (exact) mass is 312 g/mol. The molecule has 0 amide bonds. The molecule has 1 aliphatic rings. The highest BCUT2D eigenvalue weighted by Gasteiger charge is 2.30. The van der Waals surface area contributed by atoms with Crippen molar-refractivity contribution in [2.45, 2.75) is 23.8 Å². The van der Waals surface area contributed by atoms with Crippen molar-refractivity contribution in [3.63, 3.8) is 0 Å². The Balaban J connectivity index is 1.94. The normalized spacial score (nSPS) is 18.6. The van der Waals surface area contributed by atoms with Gasteiger partial charge in [-0.15, -0.1) is 0 Å². The van der Waals surface area contributed by atoms with Crippen molar-refractivity contribution in [3.05, 3.63) is 18.2 Å². The van der Waals surface area contributed by atoms with Crippen LogP contribution >= 0.6 is 11.7 Å². The maximum absolute atomic E-state index is 12.7. The van der Waals surface area contributed by atoms with Crippen molar-refractivity contribution < 1.29 is 8.42 Å². The Hall–Kier alpha value is -1.09. The van der Waals surface area contributed by atoms with Gasteiger partial charge in [-0.25, -0.2) is 8.42 Å². The number of sulfonamides is 1. The SMILES string of the molecule is CNC1CCN(S(=O)(=O)c2cccc3nsnc23)CC1. The minimum absolute atomic E-state index is 0.270. The van der Waals surface area contributed by atoms with Crippen LogP contribution in [-0.4, -0.2) is 47.6 Å².